The molecule has 1 N–H and O–H groups in total. The van der Waals surface area contributed by atoms with Gasteiger partial charge in [0.25, 0.3) is 10.0 Å². The van der Waals surface area contributed by atoms with Crippen LogP contribution in [-0.4, -0.2) is 57.5 Å². The molecule has 10 heteroatoms. The molecule has 0 aliphatic carbocycles. The van der Waals surface area contributed by atoms with Crippen LogP contribution in [0.15, 0.2) is 83.8 Å². The highest BCUT2D eigenvalue weighted by Crippen LogP contribution is 2.33. The number of benzene rings is 3. The van der Waals surface area contributed by atoms with Crippen LogP contribution >= 0.6 is 0 Å². The third-order valence-electron chi connectivity index (χ3n) is 6.37. The molecule has 2 amide bonds. The van der Waals surface area contributed by atoms with Crippen LogP contribution in [0.3, 0.4) is 0 Å². The lowest BCUT2D eigenvalue weighted by Crippen LogP contribution is -2.53. The number of carbonyl (C=O) groups is 2. The maximum Gasteiger partial charge on any atom is 0.264 e. The van der Waals surface area contributed by atoms with Crippen molar-refractivity contribution in [3.05, 3.63) is 84.4 Å². The van der Waals surface area contributed by atoms with Gasteiger partial charge >= 0.3 is 0 Å². The molecule has 0 unspecified atom stereocenters. The third-order valence-corrected chi connectivity index (χ3v) is 8.15. The lowest BCUT2D eigenvalue weighted by Gasteiger charge is -2.34. The third kappa shape index (κ3) is 8.00. The summed E-state index contributed by atoms with van der Waals surface area (Å²) in [6.07, 6.45) is 0.335. The van der Waals surface area contributed by atoms with Gasteiger partial charge in [0.15, 0.2) is 0 Å². The monoisotopic (exact) mass is 581 g/mol. The van der Waals surface area contributed by atoms with Crippen molar-refractivity contribution in [2.24, 2.45) is 0 Å². The summed E-state index contributed by atoms with van der Waals surface area (Å²) in [7, 11) is -2.62. The topological polar surface area (TPSA) is 105 Å². The van der Waals surface area contributed by atoms with E-state index in [0.717, 1.165) is 9.87 Å². The number of methoxy groups -OCH3 is 1. The van der Waals surface area contributed by atoms with Crippen LogP contribution in [0.4, 0.5) is 5.69 Å². The molecule has 41 heavy (non-hydrogen) atoms. The average Bonchev–Trinajstić information content (AvgIpc) is 2.96. The number of ether oxygens (including phenoxy) is 2. The summed E-state index contributed by atoms with van der Waals surface area (Å²) >= 11 is 0. The fourth-order valence-electron chi connectivity index (χ4n) is 4.40. The number of para-hydroxylation sites is 2. The minimum atomic E-state index is -4.19. The second-order valence-electron chi connectivity index (χ2n) is 9.68. The summed E-state index contributed by atoms with van der Waals surface area (Å²) in [5.74, 6) is 0.145. The summed E-state index contributed by atoms with van der Waals surface area (Å²) in [5.41, 5.74) is 0.998. The Bertz CT molecular complexity index is 1390. The van der Waals surface area contributed by atoms with Gasteiger partial charge in [-0.3, -0.25) is 13.9 Å². The summed E-state index contributed by atoms with van der Waals surface area (Å²) in [6, 6.07) is 20.9. The maximum absolute atomic E-state index is 14.2. The Kier molecular flexibility index (Phi) is 11.2. The van der Waals surface area contributed by atoms with Gasteiger partial charge in [-0.1, -0.05) is 49.4 Å². The molecule has 0 spiro atoms. The van der Waals surface area contributed by atoms with E-state index in [9.17, 15) is 18.0 Å². The van der Waals surface area contributed by atoms with E-state index in [-0.39, 0.29) is 29.1 Å². The molecule has 0 aliphatic heterocycles. The molecule has 3 rings (SSSR count). The number of hydrogen-bond acceptors (Lipinski definition) is 6. The fourth-order valence-corrected chi connectivity index (χ4v) is 5.85. The average molecular weight is 582 g/mol. The predicted octanol–water partition coefficient (Wildman–Crippen LogP) is 4.62. The summed E-state index contributed by atoms with van der Waals surface area (Å²) in [5, 5.41) is 2.90. The number of rotatable bonds is 14. The highest BCUT2D eigenvalue weighted by Gasteiger charge is 2.34. The number of nitrogens with zero attached hydrogens (tertiary/aromatic N) is 2. The Labute approximate surface area is 243 Å². The van der Waals surface area contributed by atoms with Crippen LogP contribution in [0.5, 0.6) is 11.5 Å². The van der Waals surface area contributed by atoms with E-state index in [2.05, 4.69) is 5.32 Å². The first-order valence-corrected chi connectivity index (χ1v) is 15.1. The van der Waals surface area contributed by atoms with Crippen LogP contribution < -0.4 is 19.1 Å². The first-order chi connectivity index (χ1) is 19.6. The number of anilines is 1. The van der Waals surface area contributed by atoms with Gasteiger partial charge in [-0.15, -0.1) is 0 Å². The Morgan fingerprint density at radius 1 is 0.902 bits per heavy atom. The van der Waals surface area contributed by atoms with Gasteiger partial charge in [0, 0.05) is 12.6 Å². The van der Waals surface area contributed by atoms with Crippen molar-refractivity contribution in [2.75, 3.05) is 24.6 Å². The van der Waals surface area contributed by atoms with Gasteiger partial charge in [0.05, 0.1) is 24.3 Å². The molecule has 0 bridgehead atoms. The van der Waals surface area contributed by atoms with Gasteiger partial charge in [-0.25, -0.2) is 8.42 Å². The Morgan fingerprint density at radius 3 is 2.12 bits per heavy atom. The zero-order valence-corrected chi connectivity index (χ0v) is 25.1. The van der Waals surface area contributed by atoms with Gasteiger partial charge < -0.3 is 19.7 Å². The van der Waals surface area contributed by atoms with E-state index in [4.69, 9.17) is 9.47 Å². The standard InChI is InChI=1S/C31H39N3O6S/c1-6-27(31(36)32-23(3)4)33(21-24-17-19-25(39-5)20-18-24)30(35)22-34(28-15-11-12-16-29(28)40-7-2)41(37,38)26-13-9-8-10-14-26/h8-20,23,27H,6-7,21-22H2,1-5H3,(H,32,36)/t27-/m0/s1. The van der Waals surface area contributed by atoms with Crippen molar-refractivity contribution in [3.8, 4) is 11.5 Å². The Balaban J connectivity index is 2.09. The zero-order chi connectivity index (χ0) is 30.0. The van der Waals surface area contributed by atoms with Gasteiger partial charge in [0.2, 0.25) is 11.8 Å². The largest absolute Gasteiger partial charge is 0.497 e. The van der Waals surface area contributed by atoms with E-state index in [0.29, 0.717) is 24.5 Å². The van der Waals surface area contributed by atoms with Crippen LogP contribution in [0.2, 0.25) is 0 Å². The highest BCUT2D eigenvalue weighted by atomic mass is 32.2. The van der Waals surface area contributed by atoms with Crippen molar-refractivity contribution in [1.29, 1.82) is 0 Å². The summed E-state index contributed by atoms with van der Waals surface area (Å²) in [6.45, 7) is 7.18. The number of nitrogens with one attached hydrogen (secondary N) is 1. The lowest BCUT2D eigenvalue weighted by atomic mass is 10.1. The first-order valence-electron chi connectivity index (χ1n) is 13.6. The molecule has 0 aliphatic rings. The first kappa shape index (κ1) is 31.5. The molecule has 0 aromatic heterocycles. The number of amides is 2. The molecule has 0 saturated carbocycles. The normalized spacial score (nSPS) is 12.0. The number of sulfonamides is 1. The van der Waals surface area contributed by atoms with E-state index >= 15 is 0 Å². The molecule has 9 nitrogen and oxygen atoms in total. The SMILES string of the molecule is CCOc1ccccc1N(CC(=O)N(Cc1ccc(OC)cc1)[C@@H](CC)C(=O)NC(C)C)S(=O)(=O)c1ccccc1. The Hall–Kier alpha value is -4.05. The minimum Gasteiger partial charge on any atom is -0.497 e. The van der Waals surface area contributed by atoms with Crippen molar-refractivity contribution in [3.63, 3.8) is 0 Å². The van der Waals surface area contributed by atoms with Crippen molar-refractivity contribution < 1.29 is 27.5 Å². The van der Waals surface area contributed by atoms with E-state index in [1.54, 1.807) is 68.6 Å². The summed E-state index contributed by atoms with van der Waals surface area (Å²) < 4.78 is 40.1. The van der Waals surface area contributed by atoms with E-state index in [1.807, 2.05) is 32.9 Å². The second-order valence-corrected chi connectivity index (χ2v) is 11.5. The van der Waals surface area contributed by atoms with Crippen LogP contribution in [0.1, 0.15) is 39.7 Å². The number of hydrogen-bond donors (Lipinski definition) is 1. The number of carbonyl (C=O) groups excluding carboxylic acids is 2. The Morgan fingerprint density at radius 2 is 1.54 bits per heavy atom. The van der Waals surface area contributed by atoms with Crippen molar-refractivity contribution >= 4 is 27.5 Å². The molecule has 3 aromatic rings. The quantitative estimate of drug-likeness (QED) is 0.298. The second kappa shape index (κ2) is 14.5. The van der Waals surface area contributed by atoms with Gasteiger partial charge in [-0.2, -0.15) is 0 Å². The molecule has 0 fully saturated rings. The molecular weight excluding hydrogens is 542 g/mol. The molecule has 0 heterocycles. The minimum absolute atomic E-state index is 0.0328. The molecule has 0 saturated heterocycles. The smallest absolute Gasteiger partial charge is 0.264 e. The van der Waals surface area contributed by atoms with Crippen LogP contribution in [-0.2, 0) is 26.2 Å². The van der Waals surface area contributed by atoms with Gasteiger partial charge in [-0.05, 0) is 69.2 Å². The van der Waals surface area contributed by atoms with E-state index in [1.165, 1.54) is 17.0 Å². The molecule has 1 atom stereocenters. The molecular formula is C31H39N3O6S. The molecule has 3 aromatic carbocycles. The lowest BCUT2D eigenvalue weighted by molar-refractivity contribution is -0.140. The van der Waals surface area contributed by atoms with Crippen LogP contribution in [0, 0.1) is 0 Å². The fraction of sp³-hybridized carbons (Fsp3) is 0.355. The predicted molar refractivity (Wildman–Crippen MR) is 159 cm³/mol. The summed E-state index contributed by atoms with van der Waals surface area (Å²) in [4.78, 5) is 28.9. The molecule has 220 valence electrons. The maximum atomic E-state index is 14.2. The van der Waals surface area contributed by atoms with Crippen molar-refractivity contribution in [2.45, 2.75) is 57.6 Å². The zero-order valence-electron chi connectivity index (χ0n) is 24.2. The molecule has 0 radical (unpaired) electrons. The van der Waals surface area contributed by atoms with E-state index < -0.39 is 28.5 Å². The highest BCUT2D eigenvalue weighted by molar-refractivity contribution is 7.92. The van der Waals surface area contributed by atoms with Crippen LogP contribution in [0.25, 0.3) is 0 Å². The van der Waals surface area contributed by atoms with Crippen molar-refractivity contribution in [1.82, 2.24) is 10.2 Å². The van der Waals surface area contributed by atoms with Gasteiger partial charge in [0.1, 0.15) is 24.1 Å².